The van der Waals surface area contributed by atoms with Gasteiger partial charge >= 0.3 is 0 Å². The van der Waals surface area contributed by atoms with Crippen molar-refractivity contribution in [3.8, 4) is 0 Å². The Kier molecular flexibility index (Phi) is 4.01. The summed E-state index contributed by atoms with van der Waals surface area (Å²) >= 11 is 0. The van der Waals surface area contributed by atoms with Crippen LogP contribution in [0.25, 0.3) is 0 Å². The van der Waals surface area contributed by atoms with Gasteiger partial charge in [-0.25, -0.2) is 0 Å². The van der Waals surface area contributed by atoms with E-state index in [4.69, 9.17) is 5.73 Å². The molecule has 1 saturated heterocycles. The van der Waals surface area contributed by atoms with Gasteiger partial charge in [0.1, 0.15) is 0 Å². The van der Waals surface area contributed by atoms with Crippen LogP contribution in [0.2, 0.25) is 0 Å². The molecule has 1 fully saturated rings. The number of nitrogens with zero attached hydrogens (tertiary/aromatic N) is 3. The van der Waals surface area contributed by atoms with E-state index in [1.807, 2.05) is 0 Å². The summed E-state index contributed by atoms with van der Waals surface area (Å²) in [4.78, 5) is 14.9. The van der Waals surface area contributed by atoms with Crippen LogP contribution in [0.15, 0.2) is 18.2 Å². The van der Waals surface area contributed by atoms with Crippen molar-refractivity contribution in [2.45, 2.75) is 19.0 Å². The molecule has 2 N–H and O–H groups in total. The first-order valence-corrected chi connectivity index (χ1v) is 6.39. The van der Waals surface area contributed by atoms with Gasteiger partial charge in [-0.1, -0.05) is 0 Å². The van der Waals surface area contributed by atoms with Crippen LogP contribution in [-0.4, -0.2) is 47.9 Å². The third kappa shape index (κ3) is 3.21. The highest BCUT2D eigenvalue weighted by Crippen LogP contribution is 2.23. The molecule has 0 aliphatic carbocycles. The van der Waals surface area contributed by atoms with E-state index in [2.05, 4.69) is 23.9 Å². The number of benzene rings is 1. The van der Waals surface area contributed by atoms with Crippen molar-refractivity contribution in [1.82, 2.24) is 9.80 Å². The van der Waals surface area contributed by atoms with Crippen LogP contribution < -0.4 is 5.73 Å². The normalized spacial score (nSPS) is 20.1. The summed E-state index contributed by atoms with van der Waals surface area (Å²) in [6, 6.07) is 5.21. The highest BCUT2D eigenvalue weighted by Gasteiger charge is 2.24. The molecular formula is C13H20N4O2. The molecule has 1 aliphatic rings. The molecule has 19 heavy (non-hydrogen) atoms. The molecule has 104 valence electrons. The summed E-state index contributed by atoms with van der Waals surface area (Å²) in [5, 5.41) is 10.8. The van der Waals surface area contributed by atoms with E-state index >= 15 is 0 Å². The molecule has 0 saturated carbocycles. The van der Waals surface area contributed by atoms with E-state index < -0.39 is 0 Å². The third-order valence-corrected chi connectivity index (χ3v) is 3.71. The summed E-state index contributed by atoms with van der Waals surface area (Å²) in [7, 11) is 4.16. The van der Waals surface area contributed by atoms with Crippen molar-refractivity contribution < 1.29 is 4.92 Å². The Morgan fingerprint density at radius 1 is 1.53 bits per heavy atom. The molecule has 0 radical (unpaired) electrons. The quantitative estimate of drug-likeness (QED) is 0.504. The Morgan fingerprint density at radius 3 is 2.84 bits per heavy atom. The maximum absolute atomic E-state index is 10.8. The van der Waals surface area contributed by atoms with Gasteiger partial charge in [0.05, 0.1) is 4.92 Å². The Morgan fingerprint density at radius 2 is 2.26 bits per heavy atom. The Bertz CT molecular complexity index is 476. The van der Waals surface area contributed by atoms with Gasteiger partial charge in [-0.05, 0) is 32.1 Å². The van der Waals surface area contributed by atoms with Crippen LogP contribution in [-0.2, 0) is 6.54 Å². The van der Waals surface area contributed by atoms with Gasteiger partial charge in [-0.3, -0.25) is 15.0 Å². The minimum atomic E-state index is -0.379. The lowest BCUT2D eigenvalue weighted by molar-refractivity contribution is -0.384. The molecule has 6 nitrogen and oxygen atoms in total. The first kappa shape index (κ1) is 13.8. The zero-order valence-electron chi connectivity index (χ0n) is 11.4. The van der Waals surface area contributed by atoms with E-state index in [0.717, 1.165) is 25.1 Å². The molecule has 1 unspecified atom stereocenters. The maximum Gasteiger partial charge on any atom is 0.269 e. The lowest BCUT2D eigenvalue weighted by Crippen LogP contribution is -2.31. The molecule has 1 aliphatic heterocycles. The van der Waals surface area contributed by atoms with Crippen molar-refractivity contribution in [3.05, 3.63) is 33.9 Å². The molecule has 0 spiro atoms. The Balaban J connectivity index is 2.07. The van der Waals surface area contributed by atoms with Gasteiger partial charge in [-0.15, -0.1) is 0 Å². The molecule has 1 heterocycles. The number of rotatable bonds is 4. The molecule has 2 rings (SSSR count). The van der Waals surface area contributed by atoms with E-state index in [-0.39, 0.29) is 10.6 Å². The second kappa shape index (κ2) is 5.54. The van der Waals surface area contributed by atoms with Gasteiger partial charge < -0.3 is 10.6 Å². The molecule has 1 atom stereocenters. The SMILES string of the molecule is CN(C)C1CCN(Cc2cc([N+](=O)[O-])ccc2N)C1. The highest BCUT2D eigenvalue weighted by atomic mass is 16.6. The molecule has 0 bridgehead atoms. The van der Waals surface area contributed by atoms with Crippen molar-refractivity contribution in [3.63, 3.8) is 0 Å². The van der Waals surface area contributed by atoms with Crippen molar-refractivity contribution >= 4 is 11.4 Å². The fourth-order valence-electron chi connectivity index (χ4n) is 2.46. The molecule has 6 heteroatoms. The number of nitrogens with two attached hydrogens (primary N) is 1. The molecule has 1 aromatic carbocycles. The number of likely N-dealkylation sites (tertiary alicyclic amines) is 1. The van der Waals surface area contributed by atoms with Crippen LogP contribution in [0.5, 0.6) is 0 Å². The topological polar surface area (TPSA) is 75.6 Å². The van der Waals surface area contributed by atoms with Gasteiger partial charge in [-0.2, -0.15) is 0 Å². The molecule has 0 aromatic heterocycles. The minimum absolute atomic E-state index is 0.104. The van der Waals surface area contributed by atoms with Crippen LogP contribution in [0, 0.1) is 10.1 Å². The number of hydrogen-bond acceptors (Lipinski definition) is 5. The molecule has 0 amide bonds. The predicted octanol–water partition coefficient (Wildman–Crippen LogP) is 1.31. The summed E-state index contributed by atoms with van der Waals surface area (Å²) in [5.41, 5.74) is 7.47. The Labute approximate surface area is 112 Å². The first-order valence-electron chi connectivity index (χ1n) is 6.39. The predicted molar refractivity (Wildman–Crippen MR) is 74.9 cm³/mol. The van der Waals surface area contributed by atoms with E-state index in [1.165, 1.54) is 6.07 Å². The second-order valence-corrected chi connectivity index (χ2v) is 5.28. The zero-order valence-corrected chi connectivity index (χ0v) is 11.4. The van der Waals surface area contributed by atoms with Crippen molar-refractivity contribution in [1.29, 1.82) is 0 Å². The monoisotopic (exact) mass is 264 g/mol. The van der Waals surface area contributed by atoms with E-state index in [1.54, 1.807) is 12.1 Å². The number of hydrogen-bond donors (Lipinski definition) is 1. The van der Waals surface area contributed by atoms with Crippen LogP contribution in [0.4, 0.5) is 11.4 Å². The lowest BCUT2D eigenvalue weighted by atomic mass is 10.1. The van der Waals surface area contributed by atoms with E-state index in [0.29, 0.717) is 18.3 Å². The summed E-state index contributed by atoms with van der Waals surface area (Å²) in [6.07, 6.45) is 1.13. The van der Waals surface area contributed by atoms with Gasteiger partial charge in [0, 0.05) is 43.5 Å². The lowest BCUT2D eigenvalue weighted by Gasteiger charge is -2.20. The van der Waals surface area contributed by atoms with Crippen LogP contribution in [0.3, 0.4) is 0 Å². The number of nitro benzene ring substituents is 1. The summed E-state index contributed by atoms with van der Waals surface area (Å²) < 4.78 is 0. The van der Waals surface area contributed by atoms with Crippen molar-refractivity contribution in [2.24, 2.45) is 0 Å². The van der Waals surface area contributed by atoms with Crippen LogP contribution in [0.1, 0.15) is 12.0 Å². The van der Waals surface area contributed by atoms with Crippen molar-refractivity contribution in [2.75, 3.05) is 32.9 Å². The van der Waals surface area contributed by atoms with E-state index in [9.17, 15) is 10.1 Å². The van der Waals surface area contributed by atoms with Gasteiger partial charge in [0.2, 0.25) is 0 Å². The average Bonchev–Trinajstić information content (AvgIpc) is 2.80. The standard InChI is InChI=1S/C13H20N4O2/c1-15(2)12-5-6-16(9-12)8-10-7-11(17(18)19)3-4-13(10)14/h3-4,7,12H,5-6,8-9,14H2,1-2H3. The number of likely N-dealkylation sites (N-methyl/N-ethyl adjacent to an activating group) is 1. The van der Waals surface area contributed by atoms with Gasteiger partial charge in [0.25, 0.3) is 5.69 Å². The average molecular weight is 264 g/mol. The minimum Gasteiger partial charge on any atom is -0.398 e. The summed E-state index contributed by atoms with van der Waals surface area (Å²) in [6.45, 7) is 2.66. The largest absolute Gasteiger partial charge is 0.398 e. The highest BCUT2D eigenvalue weighted by molar-refractivity contribution is 5.52. The number of nitrogen functional groups attached to an aromatic ring is 1. The number of nitro groups is 1. The number of non-ortho nitro benzene ring substituents is 1. The third-order valence-electron chi connectivity index (χ3n) is 3.71. The maximum atomic E-state index is 10.8. The van der Waals surface area contributed by atoms with Gasteiger partial charge in [0.15, 0.2) is 0 Å². The smallest absolute Gasteiger partial charge is 0.269 e. The number of anilines is 1. The Hall–Kier alpha value is -1.66. The van der Waals surface area contributed by atoms with Crippen LogP contribution >= 0.6 is 0 Å². The first-order chi connectivity index (χ1) is 8.97. The fraction of sp³-hybridized carbons (Fsp3) is 0.538. The second-order valence-electron chi connectivity index (χ2n) is 5.28. The summed E-state index contributed by atoms with van der Waals surface area (Å²) in [5.74, 6) is 0. The molecule has 1 aromatic rings. The zero-order chi connectivity index (χ0) is 14.0. The molecular weight excluding hydrogens is 244 g/mol. The fourth-order valence-corrected chi connectivity index (χ4v) is 2.46.